The summed E-state index contributed by atoms with van der Waals surface area (Å²) in [5, 5.41) is 4.22. The third-order valence-electron chi connectivity index (χ3n) is 3.26. The molecular formula is C13H17N5. The molecule has 0 aromatic carbocycles. The lowest BCUT2D eigenvalue weighted by atomic mass is 10.3. The Bertz CT molecular complexity index is 548. The Morgan fingerprint density at radius 2 is 2.06 bits per heavy atom. The van der Waals surface area contributed by atoms with Gasteiger partial charge in [-0.1, -0.05) is 0 Å². The fourth-order valence-electron chi connectivity index (χ4n) is 2.36. The van der Waals surface area contributed by atoms with Gasteiger partial charge in [-0.25, -0.2) is 15.0 Å². The average Bonchev–Trinajstić information content (AvgIpc) is 2.93. The second-order valence-corrected chi connectivity index (χ2v) is 4.49. The minimum Gasteiger partial charge on any atom is -0.370 e. The summed E-state index contributed by atoms with van der Waals surface area (Å²) < 4.78 is 0. The maximum absolute atomic E-state index is 4.63. The van der Waals surface area contributed by atoms with E-state index in [4.69, 9.17) is 0 Å². The molecule has 94 valence electrons. The summed E-state index contributed by atoms with van der Waals surface area (Å²) in [4.78, 5) is 15.5. The van der Waals surface area contributed by atoms with Gasteiger partial charge in [-0.2, -0.15) is 0 Å². The van der Waals surface area contributed by atoms with Crippen LogP contribution in [0.3, 0.4) is 0 Å². The zero-order valence-corrected chi connectivity index (χ0v) is 10.6. The first-order valence-electron chi connectivity index (χ1n) is 6.49. The van der Waals surface area contributed by atoms with Gasteiger partial charge in [0.1, 0.15) is 18.0 Å². The van der Waals surface area contributed by atoms with Crippen LogP contribution in [0.15, 0.2) is 18.5 Å². The van der Waals surface area contributed by atoms with E-state index in [1.165, 1.54) is 12.8 Å². The van der Waals surface area contributed by atoms with E-state index in [9.17, 15) is 0 Å². The zero-order chi connectivity index (χ0) is 12.4. The van der Waals surface area contributed by atoms with Gasteiger partial charge in [-0.05, 0) is 31.9 Å². The van der Waals surface area contributed by atoms with Gasteiger partial charge in [-0.3, -0.25) is 0 Å². The molecule has 3 heterocycles. The largest absolute Gasteiger partial charge is 0.370 e. The van der Waals surface area contributed by atoms with E-state index in [1.807, 2.05) is 0 Å². The van der Waals surface area contributed by atoms with Crippen LogP contribution in [0.25, 0.3) is 11.0 Å². The second-order valence-electron chi connectivity index (χ2n) is 4.49. The van der Waals surface area contributed by atoms with Crippen LogP contribution in [-0.2, 0) is 0 Å². The summed E-state index contributed by atoms with van der Waals surface area (Å²) in [5.41, 5.74) is 0.769. The van der Waals surface area contributed by atoms with Crippen LogP contribution in [-0.4, -0.2) is 34.6 Å². The summed E-state index contributed by atoms with van der Waals surface area (Å²) in [6, 6.07) is 4.13. The van der Waals surface area contributed by atoms with Gasteiger partial charge in [-0.15, -0.1) is 0 Å². The number of rotatable bonds is 3. The molecule has 0 saturated carbocycles. The van der Waals surface area contributed by atoms with Gasteiger partial charge < -0.3 is 10.2 Å². The molecule has 0 spiro atoms. The summed E-state index contributed by atoms with van der Waals surface area (Å²) in [7, 11) is 0. The van der Waals surface area contributed by atoms with Gasteiger partial charge in [0.2, 0.25) is 0 Å². The van der Waals surface area contributed by atoms with Crippen LogP contribution >= 0.6 is 0 Å². The van der Waals surface area contributed by atoms with Gasteiger partial charge in [0.15, 0.2) is 5.65 Å². The van der Waals surface area contributed by atoms with Gasteiger partial charge in [0, 0.05) is 19.6 Å². The highest BCUT2D eigenvalue weighted by Crippen LogP contribution is 2.23. The van der Waals surface area contributed by atoms with E-state index in [2.05, 4.69) is 44.2 Å². The lowest BCUT2D eigenvalue weighted by Gasteiger charge is -2.16. The Kier molecular flexibility index (Phi) is 2.96. The number of hydrogen-bond donors (Lipinski definition) is 1. The molecule has 5 heteroatoms. The normalized spacial score (nSPS) is 15.3. The average molecular weight is 243 g/mol. The molecule has 1 aliphatic rings. The fraction of sp³-hybridized carbons (Fsp3) is 0.462. The second kappa shape index (κ2) is 4.76. The highest BCUT2D eigenvalue weighted by atomic mass is 15.2. The topological polar surface area (TPSA) is 53.9 Å². The van der Waals surface area contributed by atoms with Crippen LogP contribution in [0.5, 0.6) is 0 Å². The molecule has 5 nitrogen and oxygen atoms in total. The first kappa shape index (κ1) is 11.2. The first-order chi connectivity index (χ1) is 8.88. The highest BCUT2D eigenvalue weighted by Gasteiger charge is 2.14. The first-order valence-corrected chi connectivity index (χ1v) is 6.49. The number of nitrogens with one attached hydrogen (secondary N) is 1. The lowest BCUT2D eigenvalue weighted by Crippen LogP contribution is -2.18. The van der Waals surface area contributed by atoms with Gasteiger partial charge >= 0.3 is 0 Å². The van der Waals surface area contributed by atoms with E-state index in [0.717, 1.165) is 42.3 Å². The van der Waals surface area contributed by atoms with Crippen molar-refractivity contribution in [3.8, 4) is 0 Å². The molecule has 1 saturated heterocycles. The third-order valence-corrected chi connectivity index (χ3v) is 3.26. The molecule has 2 aromatic heterocycles. The van der Waals surface area contributed by atoms with Crippen molar-refractivity contribution in [2.24, 2.45) is 0 Å². The maximum Gasteiger partial charge on any atom is 0.166 e. The molecule has 0 unspecified atom stereocenters. The molecule has 1 fully saturated rings. The molecule has 1 N–H and O–H groups in total. The number of anilines is 2. The van der Waals surface area contributed by atoms with E-state index in [-0.39, 0.29) is 0 Å². The Morgan fingerprint density at radius 3 is 2.83 bits per heavy atom. The Balaban J connectivity index is 2.01. The van der Waals surface area contributed by atoms with Gasteiger partial charge in [0.05, 0.1) is 5.39 Å². The SMILES string of the molecule is CCNc1ncnc2nc(N3CCCC3)ccc12. The van der Waals surface area contributed by atoms with E-state index < -0.39 is 0 Å². The number of fused-ring (bicyclic) bond motifs is 1. The third kappa shape index (κ3) is 1.96. The minimum atomic E-state index is 0.769. The molecular weight excluding hydrogens is 226 g/mol. The molecule has 0 radical (unpaired) electrons. The Labute approximate surface area is 106 Å². The Hall–Kier alpha value is -1.91. The molecule has 0 aliphatic carbocycles. The number of hydrogen-bond acceptors (Lipinski definition) is 5. The monoisotopic (exact) mass is 243 g/mol. The van der Waals surface area contributed by atoms with Crippen LogP contribution in [0.4, 0.5) is 11.6 Å². The molecule has 0 bridgehead atoms. The standard InChI is InChI=1S/C13H17N5/c1-2-14-12-10-5-6-11(18-7-3-4-8-18)17-13(10)16-9-15-12/h5-6,9H,2-4,7-8H2,1H3,(H,14,15,16,17). The molecule has 3 rings (SSSR count). The zero-order valence-electron chi connectivity index (χ0n) is 10.6. The molecule has 2 aromatic rings. The summed E-state index contributed by atoms with van der Waals surface area (Å²) in [6.07, 6.45) is 4.08. The van der Waals surface area contributed by atoms with Gasteiger partial charge in [0.25, 0.3) is 0 Å². The van der Waals surface area contributed by atoms with Crippen molar-refractivity contribution in [2.75, 3.05) is 29.9 Å². The van der Waals surface area contributed by atoms with Crippen molar-refractivity contribution in [3.63, 3.8) is 0 Å². The highest BCUT2D eigenvalue weighted by molar-refractivity contribution is 5.87. The number of pyridine rings is 1. The van der Waals surface area contributed by atoms with Crippen molar-refractivity contribution in [1.29, 1.82) is 0 Å². The smallest absolute Gasteiger partial charge is 0.166 e. The van der Waals surface area contributed by atoms with Crippen molar-refractivity contribution in [3.05, 3.63) is 18.5 Å². The molecule has 0 atom stereocenters. The van der Waals surface area contributed by atoms with Crippen LogP contribution < -0.4 is 10.2 Å². The van der Waals surface area contributed by atoms with Crippen LogP contribution in [0.2, 0.25) is 0 Å². The van der Waals surface area contributed by atoms with E-state index in [0.29, 0.717) is 0 Å². The predicted octanol–water partition coefficient (Wildman–Crippen LogP) is 2.06. The summed E-state index contributed by atoms with van der Waals surface area (Å²) in [6.45, 7) is 5.10. The molecule has 0 amide bonds. The van der Waals surface area contributed by atoms with E-state index in [1.54, 1.807) is 6.33 Å². The summed E-state index contributed by atoms with van der Waals surface area (Å²) >= 11 is 0. The van der Waals surface area contributed by atoms with Crippen molar-refractivity contribution in [1.82, 2.24) is 15.0 Å². The van der Waals surface area contributed by atoms with Crippen molar-refractivity contribution < 1.29 is 0 Å². The maximum atomic E-state index is 4.63. The number of nitrogens with zero attached hydrogens (tertiary/aromatic N) is 4. The lowest BCUT2D eigenvalue weighted by molar-refractivity contribution is 0.940. The number of aromatic nitrogens is 3. The van der Waals surface area contributed by atoms with Crippen LogP contribution in [0.1, 0.15) is 19.8 Å². The molecule has 18 heavy (non-hydrogen) atoms. The van der Waals surface area contributed by atoms with Crippen LogP contribution in [0, 0.1) is 0 Å². The minimum absolute atomic E-state index is 0.769. The van der Waals surface area contributed by atoms with Crippen molar-refractivity contribution >= 4 is 22.7 Å². The molecule has 1 aliphatic heterocycles. The quantitative estimate of drug-likeness (QED) is 0.894. The van der Waals surface area contributed by atoms with Crippen molar-refractivity contribution in [2.45, 2.75) is 19.8 Å². The fourth-order valence-corrected chi connectivity index (χ4v) is 2.36. The Morgan fingerprint density at radius 1 is 1.22 bits per heavy atom. The summed E-state index contributed by atoms with van der Waals surface area (Å²) in [5.74, 6) is 1.89. The predicted molar refractivity (Wildman–Crippen MR) is 72.9 cm³/mol. The van der Waals surface area contributed by atoms with E-state index >= 15 is 0 Å².